The zero-order chi connectivity index (χ0) is 34.8. The Bertz CT molecular complexity index is 1650. The summed E-state index contributed by atoms with van der Waals surface area (Å²) in [6, 6.07) is 32.4. The first kappa shape index (κ1) is 35.7. The second-order valence-electron chi connectivity index (χ2n) is 11.1. The van der Waals surface area contributed by atoms with Gasteiger partial charge in [0.15, 0.2) is 5.96 Å². The molecule has 0 aliphatic carbocycles. The van der Waals surface area contributed by atoms with Crippen LogP contribution in [0, 0.1) is 0 Å². The number of urea groups is 1. The van der Waals surface area contributed by atoms with Crippen molar-refractivity contribution >= 4 is 29.7 Å². The van der Waals surface area contributed by atoms with Gasteiger partial charge in [-0.25, -0.2) is 4.79 Å². The van der Waals surface area contributed by atoms with Crippen LogP contribution in [-0.4, -0.2) is 60.5 Å². The molecule has 0 heterocycles. The molecule has 0 saturated carbocycles. The van der Waals surface area contributed by atoms with Crippen molar-refractivity contribution in [3.63, 3.8) is 0 Å². The van der Waals surface area contributed by atoms with Crippen LogP contribution >= 0.6 is 0 Å². The van der Waals surface area contributed by atoms with Crippen molar-refractivity contribution in [1.82, 2.24) is 26.6 Å². The third kappa shape index (κ3) is 11.9. The number of rotatable bonds is 15. The maximum atomic E-state index is 13.8. The highest BCUT2D eigenvalue weighted by molar-refractivity contribution is 5.96. The molecule has 0 bridgehead atoms. The van der Waals surface area contributed by atoms with Crippen molar-refractivity contribution in [2.24, 2.45) is 10.7 Å². The smallest absolute Gasteiger partial charge is 0.321 e. The number of carbonyl (C=O) groups excluding carboxylic acids is 4. The van der Waals surface area contributed by atoms with Crippen LogP contribution in [-0.2, 0) is 16.1 Å². The van der Waals surface area contributed by atoms with Gasteiger partial charge in [-0.05, 0) is 53.8 Å². The Labute approximate surface area is 285 Å². The molecule has 0 aromatic heterocycles. The van der Waals surface area contributed by atoms with Gasteiger partial charge in [0.1, 0.15) is 11.8 Å². The van der Waals surface area contributed by atoms with E-state index in [-0.39, 0.29) is 62.0 Å². The molecule has 49 heavy (non-hydrogen) atoms. The Kier molecular flexibility index (Phi) is 13.7. The van der Waals surface area contributed by atoms with Crippen LogP contribution in [0.1, 0.15) is 45.8 Å². The normalized spacial score (nSPS) is 11.7. The van der Waals surface area contributed by atoms with Gasteiger partial charge in [-0.2, -0.15) is 0 Å². The van der Waals surface area contributed by atoms with Gasteiger partial charge in [0.2, 0.25) is 11.8 Å². The number of hydrogen-bond donors (Lipinski definition) is 7. The summed E-state index contributed by atoms with van der Waals surface area (Å²) in [7, 11) is 0. The molecule has 12 nitrogen and oxygen atoms in total. The van der Waals surface area contributed by atoms with Crippen LogP contribution in [0.5, 0.6) is 5.75 Å². The summed E-state index contributed by atoms with van der Waals surface area (Å²) >= 11 is 0. The lowest BCUT2D eigenvalue weighted by Crippen LogP contribution is -2.48. The van der Waals surface area contributed by atoms with E-state index in [2.05, 4.69) is 31.6 Å². The molecule has 0 spiro atoms. The van der Waals surface area contributed by atoms with E-state index in [9.17, 15) is 24.3 Å². The molecule has 4 aromatic carbocycles. The lowest BCUT2D eigenvalue weighted by molar-refractivity contribution is -0.129. The van der Waals surface area contributed by atoms with Crippen molar-refractivity contribution in [3.05, 3.63) is 138 Å². The lowest BCUT2D eigenvalue weighted by Gasteiger charge is -2.23. The minimum atomic E-state index is -0.890. The summed E-state index contributed by atoms with van der Waals surface area (Å²) in [6.45, 7) is 0.769. The van der Waals surface area contributed by atoms with Crippen molar-refractivity contribution in [3.8, 4) is 5.75 Å². The summed E-state index contributed by atoms with van der Waals surface area (Å²) in [4.78, 5) is 55.7. The van der Waals surface area contributed by atoms with E-state index >= 15 is 0 Å². The number of amides is 5. The first-order valence-corrected chi connectivity index (χ1v) is 15.9. The number of guanidine groups is 1. The van der Waals surface area contributed by atoms with Crippen LogP contribution in [0.3, 0.4) is 0 Å². The molecule has 0 aliphatic heterocycles. The summed E-state index contributed by atoms with van der Waals surface area (Å²) in [5.41, 5.74) is 8.77. The number of benzene rings is 4. The molecule has 12 heteroatoms. The fourth-order valence-corrected chi connectivity index (χ4v) is 4.97. The highest BCUT2D eigenvalue weighted by Crippen LogP contribution is 2.25. The van der Waals surface area contributed by atoms with Crippen molar-refractivity contribution < 1.29 is 24.3 Å². The summed E-state index contributed by atoms with van der Waals surface area (Å²) in [5.74, 6) is -1.59. The van der Waals surface area contributed by atoms with Crippen LogP contribution < -0.4 is 32.3 Å². The average molecular weight is 664 g/mol. The van der Waals surface area contributed by atoms with E-state index in [1.807, 2.05) is 66.7 Å². The molecular weight excluding hydrogens is 622 g/mol. The van der Waals surface area contributed by atoms with Gasteiger partial charge in [-0.1, -0.05) is 91.0 Å². The SMILES string of the molecule is NC(=NCCC[C@@H](NC(=O)C(c1ccccc1)c1ccccc1)C(=O)NCc1ccc(O)cc1)NC(=O)NCCNC(=O)c1ccccc1. The summed E-state index contributed by atoms with van der Waals surface area (Å²) < 4.78 is 0. The predicted molar refractivity (Wildman–Crippen MR) is 188 cm³/mol. The molecule has 4 rings (SSSR count). The van der Waals surface area contributed by atoms with Crippen LogP contribution in [0.25, 0.3) is 0 Å². The number of nitrogens with one attached hydrogen (secondary N) is 5. The van der Waals surface area contributed by atoms with Crippen molar-refractivity contribution in [2.75, 3.05) is 19.6 Å². The average Bonchev–Trinajstić information content (AvgIpc) is 3.12. The maximum Gasteiger partial charge on any atom is 0.321 e. The molecule has 0 aliphatic rings. The Hall–Kier alpha value is -6.17. The molecule has 1 atom stereocenters. The van der Waals surface area contributed by atoms with E-state index in [1.54, 1.807) is 36.4 Å². The second-order valence-corrected chi connectivity index (χ2v) is 11.1. The van der Waals surface area contributed by atoms with Gasteiger partial charge in [0, 0.05) is 31.7 Å². The largest absolute Gasteiger partial charge is 0.508 e. The molecule has 5 amide bonds. The van der Waals surface area contributed by atoms with Crippen molar-refractivity contribution in [2.45, 2.75) is 31.3 Å². The second kappa shape index (κ2) is 18.8. The van der Waals surface area contributed by atoms with E-state index in [4.69, 9.17) is 5.73 Å². The van der Waals surface area contributed by atoms with Gasteiger partial charge in [-0.3, -0.25) is 24.7 Å². The highest BCUT2D eigenvalue weighted by Gasteiger charge is 2.27. The van der Waals surface area contributed by atoms with Gasteiger partial charge in [0.25, 0.3) is 5.91 Å². The Morgan fingerprint density at radius 1 is 0.694 bits per heavy atom. The number of nitrogens with two attached hydrogens (primary N) is 1. The first-order valence-electron chi connectivity index (χ1n) is 15.9. The Morgan fingerprint density at radius 2 is 1.27 bits per heavy atom. The minimum absolute atomic E-state index is 0.114. The van der Waals surface area contributed by atoms with Gasteiger partial charge < -0.3 is 32.1 Å². The first-order chi connectivity index (χ1) is 23.8. The third-order valence-electron chi connectivity index (χ3n) is 7.47. The number of nitrogens with zero attached hydrogens (tertiary/aromatic N) is 1. The monoisotopic (exact) mass is 663 g/mol. The maximum absolute atomic E-state index is 13.8. The van der Waals surface area contributed by atoms with Gasteiger partial charge in [-0.15, -0.1) is 0 Å². The Balaban J connectivity index is 1.32. The highest BCUT2D eigenvalue weighted by atomic mass is 16.3. The molecular formula is C37H41N7O5. The number of carbonyl (C=O) groups is 4. The summed E-state index contributed by atoms with van der Waals surface area (Å²) in [6.07, 6.45) is 0.613. The van der Waals surface area contributed by atoms with Crippen LogP contribution in [0.2, 0.25) is 0 Å². The molecule has 0 saturated heterocycles. The fraction of sp³-hybridized carbons (Fsp3) is 0.216. The van der Waals surface area contributed by atoms with E-state index in [0.717, 1.165) is 16.7 Å². The van der Waals surface area contributed by atoms with Gasteiger partial charge in [0.05, 0.1) is 5.92 Å². The molecule has 0 radical (unpaired) electrons. The number of phenolic OH excluding ortho intramolecular Hbond substituents is 1. The molecule has 4 aromatic rings. The molecule has 254 valence electrons. The number of aliphatic imine (C=N–C) groups is 1. The quantitative estimate of drug-likeness (QED) is 0.0582. The minimum Gasteiger partial charge on any atom is -0.508 e. The van der Waals surface area contributed by atoms with Crippen LogP contribution in [0.4, 0.5) is 4.79 Å². The predicted octanol–water partition coefficient (Wildman–Crippen LogP) is 3.15. The molecule has 0 fully saturated rings. The number of phenols is 1. The standard InChI is InChI=1S/C37H41N7O5/c38-36(44-37(49)41-24-23-39-33(46)29-15-8-3-9-16-29)40-22-10-17-31(34(47)42-25-26-18-20-30(45)21-19-26)43-35(48)32(27-11-4-1-5-12-27)28-13-6-2-7-14-28/h1-9,11-16,18-21,31-32,45H,10,17,22-25H2,(H,39,46)(H,42,47)(H,43,48)(H4,38,40,41,44,49)/t31-/m1/s1. The molecule has 8 N–H and O–H groups in total. The third-order valence-corrected chi connectivity index (χ3v) is 7.47. The number of hydrogen-bond acceptors (Lipinski definition) is 6. The van der Waals surface area contributed by atoms with Crippen molar-refractivity contribution in [1.29, 1.82) is 0 Å². The topological polar surface area (TPSA) is 187 Å². The zero-order valence-corrected chi connectivity index (χ0v) is 27.0. The lowest BCUT2D eigenvalue weighted by atomic mass is 9.90. The summed E-state index contributed by atoms with van der Waals surface area (Å²) in [5, 5.41) is 23.1. The Morgan fingerprint density at radius 3 is 1.88 bits per heavy atom. The molecule has 0 unspecified atom stereocenters. The van der Waals surface area contributed by atoms with Gasteiger partial charge >= 0.3 is 6.03 Å². The number of aromatic hydroxyl groups is 1. The van der Waals surface area contributed by atoms with E-state index in [0.29, 0.717) is 12.0 Å². The van der Waals surface area contributed by atoms with E-state index < -0.39 is 18.0 Å². The fourth-order valence-electron chi connectivity index (χ4n) is 4.97. The zero-order valence-electron chi connectivity index (χ0n) is 27.0. The van der Waals surface area contributed by atoms with Crippen LogP contribution in [0.15, 0.2) is 120 Å². The van der Waals surface area contributed by atoms with E-state index in [1.165, 1.54) is 12.1 Å².